The quantitative estimate of drug-likeness (QED) is 0.840. The summed E-state index contributed by atoms with van der Waals surface area (Å²) in [6.07, 6.45) is 0. The molecule has 0 aliphatic heterocycles. The molecule has 2 aromatic carbocycles. The van der Waals surface area contributed by atoms with Gasteiger partial charge in [-0.1, -0.05) is 18.2 Å². The van der Waals surface area contributed by atoms with Crippen molar-refractivity contribution < 1.29 is 18.7 Å². The minimum absolute atomic E-state index is 0.202. The van der Waals surface area contributed by atoms with Crippen LogP contribution in [0.4, 0.5) is 10.1 Å². The van der Waals surface area contributed by atoms with Gasteiger partial charge in [-0.3, -0.25) is 4.79 Å². The Hall–Kier alpha value is -2.21. The van der Waals surface area contributed by atoms with Crippen molar-refractivity contribution in [3.63, 3.8) is 0 Å². The van der Waals surface area contributed by atoms with Crippen LogP contribution < -0.4 is 5.32 Å². The van der Waals surface area contributed by atoms with Gasteiger partial charge in [0.15, 0.2) is 6.61 Å². The molecular formula is C16H13BrFNO3. The zero-order valence-corrected chi connectivity index (χ0v) is 13.3. The summed E-state index contributed by atoms with van der Waals surface area (Å²) in [5.41, 5.74) is 1.40. The second-order valence-corrected chi connectivity index (χ2v) is 5.44. The molecule has 114 valence electrons. The van der Waals surface area contributed by atoms with Crippen molar-refractivity contribution in [2.45, 2.75) is 6.92 Å². The van der Waals surface area contributed by atoms with Gasteiger partial charge in [0.2, 0.25) is 0 Å². The molecule has 0 heterocycles. The molecule has 1 amide bonds. The number of ether oxygens (including phenoxy) is 1. The molecule has 4 nitrogen and oxygen atoms in total. The molecule has 0 atom stereocenters. The van der Waals surface area contributed by atoms with E-state index in [9.17, 15) is 14.0 Å². The van der Waals surface area contributed by atoms with Gasteiger partial charge in [0.1, 0.15) is 5.82 Å². The van der Waals surface area contributed by atoms with Crippen molar-refractivity contribution in [2.75, 3.05) is 11.9 Å². The maximum Gasteiger partial charge on any atom is 0.341 e. The van der Waals surface area contributed by atoms with Crippen LogP contribution in [0.5, 0.6) is 0 Å². The molecule has 0 fully saturated rings. The van der Waals surface area contributed by atoms with E-state index in [4.69, 9.17) is 4.74 Å². The number of halogens is 2. The summed E-state index contributed by atoms with van der Waals surface area (Å²) in [6, 6.07) is 10.9. The Morgan fingerprint density at radius 2 is 1.95 bits per heavy atom. The summed E-state index contributed by atoms with van der Waals surface area (Å²) in [6.45, 7) is 1.43. The monoisotopic (exact) mass is 365 g/mol. The van der Waals surface area contributed by atoms with E-state index in [0.29, 0.717) is 5.69 Å². The number of nitrogens with one attached hydrogen (secondary N) is 1. The lowest BCUT2D eigenvalue weighted by Crippen LogP contribution is -2.21. The fraction of sp³-hybridized carbons (Fsp3) is 0.125. The largest absolute Gasteiger partial charge is 0.452 e. The number of carbonyl (C=O) groups is 2. The number of carbonyl (C=O) groups excluding carboxylic acids is 2. The minimum atomic E-state index is -0.878. The average Bonchev–Trinajstić information content (AvgIpc) is 2.48. The van der Waals surface area contributed by atoms with E-state index in [1.807, 2.05) is 19.1 Å². The molecule has 2 rings (SSSR count). The Labute approximate surface area is 135 Å². The third-order valence-electron chi connectivity index (χ3n) is 2.83. The predicted octanol–water partition coefficient (Wildman–Crippen LogP) is 3.69. The maximum absolute atomic E-state index is 13.4. The number of hydrogen-bond donors (Lipinski definition) is 1. The molecule has 1 N–H and O–H groups in total. The molecule has 0 bridgehead atoms. The average molecular weight is 366 g/mol. The summed E-state index contributed by atoms with van der Waals surface area (Å²) in [4.78, 5) is 23.4. The lowest BCUT2D eigenvalue weighted by atomic mass is 10.2. The zero-order chi connectivity index (χ0) is 16.1. The highest BCUT2D eigenvalue weighted by atomic mass is 79.9. The lowest BCUT2D eigenvalue weighted by Gasteiger charge is -2.09. The molecule has 0 aliphatic rings. The first-order valence-corrected chi connectivity index (χ1v) is 7.24. The smallest absolute Gasteiger partial charge is 0.341 e. The zero-order valence-electron chi connectivity index (χ0n) is 11.7. The van der Waals surface area contributed by atoms with Crippen molar-refractivity contribution in [1.29, 1.82) is 0 Å². The molecule has 0 radical (unpaired) electrons. The Kier molecular flexibility index (Phi) is 5.27. The fourth-order valence-electron chi connectivity index (χ4n) is 1.74. The highest BCUT2D eigenvalue weighted by Gasteiger charge is 2.14. The topological polar surface area (TPSA) is 55.4 Å². The van der Waals surface area contributed by atoms with E-state index >= 15 is 0 Å². The molecular weight excluding hydrogens is 353 g/mol. The number of esters is 1. The van der Waals surface area contributed by atoms with Gasteiger partial charge < -0.3 is 10.1 Å². The lowest BCUT2D eigenvalue weighted by molar-refractivity contribution is -0.119. The molecule has 0 aromatic heterocycles. The number of amides is 1. The van der Waals surface area contributed by atoms with Gasteiger partial charge in [-0.25, -0.2) is 9.18 Å². The highest BCUT2D eigenvalue weighted by molar-refractivity contribution is 9.10. The van der Waals surface area contributed by atoms with Gasteiger partial charge in [-0.05, 0) is 52.7 Å². The number of benzene rings is 2. The summed E-state index contributed by atoms with van der Waals surface area (Å²) in [5.74, 6) is -2.07. The SMILES string of the molecule is Cc1ccc(NC(=O)COC(=O)c2ccccc2F)c(Br)c1. The number of hydrogen-bond acceptors (Lipinski definition) is 3. The van der Waals surface area contributed by atoms with E-state index in [-0.39, 0.29) is 5.56 Å². The summed E-state index contributed by atoms with van der Waals surface area (Å²) < 4.78 is 18.9. The van der Waals surface area contributed by atoms with Crippen LogP contribution in [-0.4, -0.2) is 18.5 Å². The maximum atomic E-state index is 13.4. The molecule has 0 aliphatic carbocycles. The second-order valence-electron chi connectivity index (χ2n) is 4.59. The van der Waals surface area contributed by atoms with Crippen molar-refractivity contribution in [3.05, 3.63) is 63.9 Å². The molecule has 0 saturated carbocycles. The van der Waals surface area contributed by atoms with Gasteiger partial charge in [0.25, 0.3) is 5.91 Å². The summed E-state index contributed by atoms with van der Waals surface area (Å²) in [5, 5.41) is 2.60. The van der Waals surface area contributed by atoms with Gasteiger partial charge in [-0.15, -0.1) is 0 Å². The van der Waals surface area contributed by atoms with E-state index in [1.54, 1.807) is 6.07 Å². The predicted molar refractivity (Wildman–Crippen MR) is 84.2 cm³/mol. The van der Waals surface area contributed by atoms with E-state index in [1.165, 1.54) is 18.2 Å². The normalized spacial score (nSPS) is 10.1. The second kappa shape index (κ2) is 7.17. The third kappa shape index (κ3) is 4.14. The van der Waals surface area contributed by atoms with E-state index in [2.05, 4.69) is 21.2 Å². The minimum Gasteiger partial charge on any atom is -0.452 e. The first kappa shape index (κ1) is 16.2. The Morgan fingerprint density at radius 3 is 2.64 bits per heavy atom. The molecule has 0 saturated heterocycles. The highest BCUT2D eigenvalue weighted by Crippen LogP contribution is 2.23. The van der Waals surface area contributed by atoms with Gasteiger partial charge in [0, 0.05) is 4.47 Å². The van der Waals surface area contributed by atoms with Crippen LogP contribution in [0.1, 0.15) is 15.9 Å². The number of anilines is 1. The fourth-order valence-corrected chi connectivity index (χ4v) is 2.34. The Bertz CT molecular complexity index is 718. The number of aryl methyl sites for hydroxylation is 1. The first-order chi connectivity index (χ1) is 10.5. The first-order valence-electron chi connectivity index (χ1n) is 6.45. The van der Waals surface area contributed by atoms with Crippen LogP contribution in [-0.2, 0) is 9.53 Å². The van der Waals surface area contributed by atoms with Crippen LogP contribution in [0.2, 0.25) is 0 Å². The standard InChI is InChI=1S/C16H13BrFNO3/c1-10-6-7-14(12(17)8-10)19-15(20)9-22-16(21)11-4-2-3-5-13(11)18/h2-8H,9H2,1H3,(H,19,20). The molecule has 22 heavy (non-hydrogen) atoms. The van der Waals surface area contributed by atoms with E-state index < -0.39 is 24.3 Å². The molecule has 0 unspecified atom stereocenters. The van der Waals surface area contributed by atoms with Crippen LogP contribution in [0.3, 0.4) is 0 Å². The third-order valence-corrected chi connectivity index (χ3v) is 3.48. The van der Waals surface area contributed by atoms with Crippen LogP contribution >= 0.6 is 15.9 Å². The van der Waals surface area contributed by atoms with Crippen molar-refractivity contribution >= 4 is 33.5 Å². The van der Waals surface area contributed by atoms with Crippen molar-refractivity contribution in [1.82, 2.24) is 0 Å². The van der Waals surface area contributed by atoms with Crippen molar-refractivity contribution in [2.24, 2.45) is 0 Å². The van der Waals surface area contributed by atoms with Gasteiger partial charge in [-0.2, -0.15) is 0 Å². The van der Waals surface area contributed by atoms with E-state index in [0.717, 1.165) is 16.1 Å². The summed E-state index contributed by atoms with van der Waals surface area (Å²) >= 11 is 3.33. The van der Waals surface area contributed by atoms with Crippen LogP contribution in [0.25, 0.3) is 0 Å². The van der Waals surface area contributed by atoms with Crippen LogP contribution in [0, 0.1) is 12.7 Å². The molecule has 6 heteroatoms. The molecule has 0 spiro atoms. The van der Waals surface area contributed by atoms with Gasteiger partial charge in [0.05, 0.1) is 11.3 Å². The van der Waals surface area contributed by atoms with Crippen molar-refractivity contribution in [3.8, 4) is 0 Å². The Balaban J connectivity index is 1.93. The molecule has 2 aromatic rings. The Morgan fingerprint density at radius 1 is 1.23 bits per heavy atom. The number of rotatable bonds is 4. The van der Waals surface area contributed by atoms with Gasteiger partial charge >= 0.3 is 5.97 Å². The van der Waals surface area contributed by atoms with Crippen LogP contribution in [0.15, 0.2) is 46.9 Å². The summed E-state index contributed by atoms with van der Waals surface area (Å²) in [7, 11) is 0.